The van der Waals surface area contributed by atoms with Crippen LogP contribution in [-0.4, -0.2) is 19.0 Å². The van der Waals surface area contributed by atoms with Gasteiger partial charge >= 0.3 is 0 Å². The van der Waals surface area contributed by atoms with Crippen molar-refractivity contribution in [2.24, 2.45) is 5.92 Å². The van der Waals surface area contributed by atoms with Crippen LogP contribution < -0.4 is 10.6 Å². The van der Waals surface area contributed by atoms with Crippen molar-refractivity contribution >= 4 is 5.91 Å². The highest BCUT2D eigenvalue weighted by Gasteiger charge is 2.10. The maximum atomic E-state index is 11.3. The second-order valence-corrected chi connectivity index (χ2v) is 5.35. The molecule has 0 aromatic carbocycles. The van der Waals surface area contributed by atoms with E-state index < -0.39 is 0 Å². The lowest BCUT2D eigenvalue weighted by atomic mass is 9.96. The fraction of sp³-hybridized carbons (Fsp3) is 0.389. The van der Waals surface area contributed by atoms with E-state index in [9.17, 15) is 4.79 Å². The maximum Gasteiger partial charge on any atom is 0.220 e. The van der Waals surface area contributed by atoms with Gasteiger partial charge in [0, 0.05) is 19.2 Å². The molecule has 0 saturated heterocycles. The van der Waals surface area contributed by atoms with E-state index in [1.54, 1.807) is 0 Å². The first-order valence-corrected chi connectivity index (χ1v) is 7.63. The molecule has 0 bridgehead atoms. The van der Waals surface area contributed by atoms with Gasteiger partial charge in [-0.1, -0.05) is 49.5 Å². The summed E-state index contributed by atoms with van der Waals surface area (Å²) in [4.78, 5) is 11.3. The fourth-order valence-corrected chi connectivity index (χ4v) is 2.38. The number of amides is 1. The number of carbonyl (C=O) groups excluding carboxylic acids is 1. The molecule has 1 amide bonds. The largest absolute Gasteiger partial charge is 0.388 e. The van der Waals surface area contributed by atoms with Crippen molar-refractivity contribution in [3.05, 3.63) is 59.9 Å². The van der Waals surface area contributed by atoms with Crippen molar-refractivity contribution in [3.63, 3.8) is 0 Å². The molecule has 2 aliphatic carbocycles. The van der Waals surface area contributed by atoms with Gasteiger partial charge in [0.05, 0.1) is 6.04 Å². The Bertz CT molecular complexity index is 523. The van der Waals surface area contributed by atoms with Crippen molar-refractivity contribution in [2.45, 2.75) is 32.2 Å². The van der Waals surface area contributed by atoms with Crippen molar-refractivity contribution in [3.8, 4) is 0 Å². The molecule has 21 heavy (non-hydrogen) atoms. The van der Waals surface area contributed by atoms with Crippen molar-refractivity contribution in [1.29, 1.82) is 0 Å². The summed E-state index contributed by atoms with van der Waals surface area (Å²) in [6, 6.07) is 0.144. The Morgan fingerprint density at radius 2 is 2.14 bits per heavy atom. The summed E-state index contributed by atoms with van der Waals surface area (Å²) in [5.74, 6) is 0.574. The summed E-state index contributed by atoms with van der Waals surface area (Å²) >= 11 is 0. The number of likely N-dealkylation sites (N-methyl/N-ethyl adjacent to an activating group) is 1. The lowest BCUT2D eigenvalue weighted by molar-refractivity contribution is -0.121. The van der Waals surface area contributed by atoms with Crippen molar-refractivity contribution in [1.82, 2.24) is 10.6 Å². The third kappa shape index (κ3) is 4.78. The molecule has 2 aliphatic rings. The van der Waals surface area contributed by atoms with E-state index >= 15 is 0 Å². The van der Waals surface area contributed by atoms with Gasteiger partial charge in [-0.15, -0.1) is 0 Å². The van der Waals surface area contributed by atoms with E-state index in [4.69, 9.17) is 0 Å². The quantitative estimate of drug-likeness (QED) is 0.815. The van der Waals surface area contributed by atoms with E-state index in [0.717, 1.165) is 12.8 Å². The summed E-state index contributed by atoms with van der Waals surface area (Å²) < 4.78 is 0. The number of carbonyl (C=O) groups is 1. The first-order valence-electron chi connectivity index (χ1n) is 7.63. The van der Waals surface area contributed by atoms with Crippen LogP contribution in [0.25, 0.3) is 0 Å². The highest BCUT2D eigenvalue weighted by Crippen LogP contribution is 2.18. The lowest BCUT2D eigenvalue weighted by Crippen LogP contribution is -2.33. The number of hydrogen-bond acceptors (Lipinski definition) is 2. The molecule has 2 rings (SSSR count). The van der Waals surface area contributed by atoms with Crippen LogP contribution in [0.3, 0.4) is 0 Å². The maximum absolute atomic E-state index is 11.3. The Labute approximate surface area is 127 Å². The molecule has 2 N–H and O–H groups in total. The van der Waals surface area contributed by atoms with Crippen LogP contribution in [0.5, 0.6) is 0 Å². The minimum atomic E-state index is 0.108. The molecule has 0 fully saturated rings. The standard InChI is InChI=1S/C18H24N2O/c1-3-18(21)20-17-12-8-15(9-13-17)5-4-14-6-10-16(19-2)11-7-14/h4-6,8-12,14,17,19H,3,7,13H2,1-2H3,(H,20,21)/b5-4+. The number of allylic oxidation sites excluding steroid dienone is 7. The second kappa shape index (κ2) is 7.67. The highest BCUT2D eigenvalue weighted by atomic mass is 16.1. The predicted molar refractivity (Wildman–Crippen MR) is 87.6 cm³/mol. The second-order valence-electron chi connectivity index (χ2n) is 5.35. The van der Waals surface area contributed by atoms with Gasteiger partial charge in [-0.2, -0.15) is 0 Å². The molecule has 2 atom stereocenters. The molecule has 0 aromatic rings. The summed E-state index contributed by atoms with van der Waals surface area (Å²) in [6.07, 6.45) is 19.8. The van der Waals surface area contributed by atoms with Crippen LogP contribution in [0.4, 0.5) is 0 Å². The first-order chi connectivity index (χ1) is 10.2. The van der Waals surface area contributed by atoms with Crippen molar-refractivity contribution in [2.75, 3.05) is 7.05 Å². The summed E-state index contributed by atoms with van der Waals surface area (Å²) in [5.41, 5.74) is 2.40. The van der Waals surface area contributed by atoms with Gasteiger partial charge in [-0.05, 0) is 30.4 Å². The lowest BCUT2D eigenvalue weighted by Gasteiger charge is -2.17. The molecule has 2 unspecified atom stereocenters. The van der Waals surface area contributed by atoms with E-state index in [1.807, 2.05) is 14.0 Å². The molecule has 3 nitrogen and oxygen atoms in total. The van der Waals surface area contributed by atoms with E-state index in [1.165, 1.54) is 11.3 Å². The zero-order chi connectivity index (χ0) is 15.1. The van der Waals surface area contributed by atoms with Crippen LogP contribution in [0.15, 0.2) is 59.9 Å². The van der Waals surface area contributed by atoms with E-state index in [2.05, 4.69) is 59.2 Å². The number of hydrogen-bond donors (Lipinski definition) is 2. The van der Waals surface area contributed by atoms with Crippen molar-refractivity contribution < 1.29 is 4.79 Å². The molecule has 0 spiro atoms. The SMILES string of the molecule is CCC(=O)NC1C=CC(/C=C/C2C=CC(NC)=CC2)=CC1. The molecule has 0 saturated carbocycles. The number of nitrogens with one attached hydrogen (secondary N) is 2. The summed E-state index contributed by atoms with van der Waals surface area (Å²) in [5, 5.41) is 6.13. The minimum absolute atomic E-state index is 0.108. The predicted octanol–water partition coefficient (Wildman–Crippen LogP) is 3.00. The highest BCUT2D eigenvalue weighted by molar-refractivity contribution is 5.76. The van der Waals surface area contributed by atoms with Gasteiger partial charge in [0.1, 0.15) is 0 Å². The Kier molecular flexibility index (Phi) is 5.61. The van der Waals surface area contributed by atoms with Gasteiger partial charge in [-0.3, -0.25) is 4.79 Å². The van der Waals surface area contributed by atoms with Gasteiger partial charge in [0.25, 0.3) is 0 Å². The summed E-state index contributed by atoms with van der Waals surface area (Å²) in [7, 11) is 1.94. The van der Waals surface area contributed by atoms with Gasteiger partial charge < -0.3 is 10.6 Å². The molecular formula is C18H24N2O. The van der Waals surface area contributed by atoms with Gasteiger partial charge in [0.15, 0.2) is 0 Å². The Balaban J connectivity index is 1.82. The molecule has 0 heterocycles. The topological polar surface area (TPSA) is 41.1 Å². The minimum Gasteiger partial charge on any atom is -0.388 e. The van der Waals surface area contributed by atoms with Gasteiger partial charge in [0.2, 0.25) is 5.91 Å². The van der Waals surface area contributed by atoms with Crippen LogP contribution in [0.2, 0.25) is 0 Å². The molecular weight excluding hydrogens is 260 g/mol. The zero-order valence-electron chi connectivity index (χ0n) is 12.8. The molecule has 3 heteroatoms. The van der Waals surface area contributed by atoms with Crippen LogP contribution >= 0.6 is 0 Å². The smallest absolute Gasteiger partial charge is 0.220 e. The van der Waals surface area contributed by atoms with Crippen LogP contribution in [0, 0.1) is 5.92 Å². The number of rotatable bonds is 5. The van der Waals surface area contributed by atoms with E-state index in [-0.39, 0.29) is 11.9 Å². The molecule has 0 aromatic heterocycles. The van der Waals surface area contributed by atoms with Crippen LogP contribution in [-0.2, 0) is 4.79 Å². The van der Waals surface area contributed by atoms with Crippen LogP contribution in [0.1, 0.15) is 26.2 Å². The summed E-state index contributed by atoms with van der Waals surface area (Å²) in [6.45, 7) is 1.87. The molecule has 0 aliphatic heterocycles. The normalized spacial score (nSPS) is 24.7. The monoisotopic (exact) mass is 284 g/mol. The molecule has 112 valence electrons. The third-order valence-electron chi connectivity index (χ3n) is 3.75. The first kappa shape index (κ1) is 15.4. The third-order valence-corrected chi connectivity index (χ3v) is 3.75. The van der Waals surface area contributed by atoms with Gasteiger partial charge in [-0.25, -0.2) is 0 Å². The Morgan fingerprint density at radius 1 is 1.29 bits per heavy atom. The Hall–Kier alpha value is -2.03. The molecule has 0 radical (unpaired) electrons. The zero-order valence-corrected chi connectivity index (χ0v) is 12.8. The average Bonchev–Trinajstić information content (AvgIpc) is 2.54. The fourth-order valence-electron chi connectivity index (χ4n) is 2.38. The Morgan fingerprint density at radius 3 is 2.71 bits per heavy atom. The average molecular weight is 284 g/mol. The van der Waals surface area contributed by atoms with E-state index in [0.29, 0.717) is 12.3 Å².